The van der Waals surface area contributed by atoms with Crippen LogP contribution in [0.1, 0.15) is 52.9 Å². The predicted octanol–water partition coefficient (Wildman–Crippen LogP) is 4.87. The van der Waals surface area contributed by atoms with Crippen molar-refractivity contribution in [3.05, 3.63) is 0 Å². The molecular formula is C14H24F6N2O. The van der Waals surface area contributed by atoms with Crippen molar-refractivity contribution < 1.29 is 31.1 Å². The Labute approximate surface area is 132 Å². The second kappa shape index (κ2) is 8.63. The lowest BCUT2D eigenvalue weighted by Crippen LogP contribution is -2.68. The average molecular weight is 350 g/mol. The van der Waals surface area contributed by atoms with Crippen LogP contribution >= 0.6 is 0 Å². The molecule has 0 aliphatic rings. The molecule has 2 amide bonds. The van der Waals surface area contributed by atoms with Crippen molar-refractivity contribution in [3.63, 3.8) is 0 Å². The van der Waals surface area contributed by atoms with Gasteiger partial charge in [-0.3, -0.25) is 0 Å². The third kappa shape index (κ3) is 5.46. The first-order valence-electron chi connectivity index (χ1n) is 7.67. The molecule has 138 valence electrons. The van der Waals surface area contributed by atoms with Crippen LogP contribution in [0.4, 0.5) is 31.1 Å². The summed E-state index contributed by atoms with van der Waals surface area (Å²) in [6.45, 7) is 4.63. The summed E-state index contributed by atoms with van der Waals surface area (Å²) in [5.41, 5.74) is -4.23. The zero-order valence-corrected chi connectivity index (χ0v) is 13.6. The van der Waals surface area contributed by atoms with E-state index in [1.807, 2.05) is 13.8 Å². The molecule has 0 aromatic carbocycles. The Balaban J connectivity index is 5.41. The van der Waals surface area contributed by atoms with Gasteiger partial charge in [0.2, 0.25) is 5.54 Å². The highest BCUT2D eigenvalue weighted by Gasteiger charge is 2.70. The Morgan fingerprint density at radius 3 is 1.52 bits per heavy atom. The topological polar surface area (TPSA) is 32.3 Å². The first-order valence-corrected chi connectivity index (χ1v) is 7.67. The Morgan fingerprint density at radius 2 is 1.26 bits per heavy atom. The summed E-state index contributed by atoms with van der Waals surface area (Å²) in [7, 11) is 0. The Hall–Kier alpha value is -1.15. The molecule has 0 heterocycles. The van der Waals surface area contributed by atoms with Gasteiger partial charge in [0, 0.05) is 13.1 Å². The highest BCUT2D eigenvalue weighted by molar-refractivity contribution is 5.75. The lowest BCUT2D eigenvalue weighted by Gasteiger charge is -2.38. The molecule has 0 rings (SSSR count). The predicted molar refractivity (Wildman–Crippen MR) is 75.1 cm³/mol. The molecule has 0 aromatic rings. The zero-order valence-electron chi connectivity index (χ0n) is 13.6. The molecule has 0 unspecified atom stereocenters. The number of alkyl halides is 6. The SMILES string of the molecule is CCCCN(CCCC)C(=O)NC(CC)(C(F)(F)F)C(F)(F)F. The third-order valence-corrected chi connectivity index (χ3v) is 3.67. The molecule has 0 aromatic heterocycles. The number of carbonyl (C=O) groups excluding carboxylic acids is 1. The van der Waals surface area contributed by atoms with Gasteiger partial charge in [0.1, 0.15) is 0 Å². The van der Waals surface area contributed by atoms with Crippen LogP contribution in [0.2, 0.25) is 0 Å². The fraction of sp³-hybridized carbons (Fsp3) is 0.929. The summed E-state index contributed by atoms with van der Waals surface area (Å²) < 4.78 is 78.3. The fourth-order valence-corrected chi connectivity index (χ4v) is 2.07. The van der Waals surface area contributed by atoms with E-state index in [0.717, 1.165) is 11.8 Å². The number of carbonyl (C=O) groups is 1. The number of urea groups is 1. The maximum atomic E-state index is 13.0. The third-order valence-electron chi connectivity index (χ3n) is 3.67. The molecular weight excluding hydrogens is 326 g/mol. The van der Waals surface area contributed by atoms with Crippen molar-refractivity contribution in [2.45, 2.75) is 70.8 Å². The van der Waals surface area contributed by atoms with E-state index < -0.39 is 30.3 Å². The first kappa shape index (κ1) is 21.9. The number of amides is 2. The Morgan fingerprint density at radius 1 is 0.870 bits per heavy atom. The van der Waals surface area contributed by atoms with Gasteiger partial charge in [-0.25, -0.2) is 4.79 Å². The molecule has 0 aliphatic heterocycles. The number of nitrogens with zero attached hydrogens (tertiary/aromatic N) is 1. The summed E-state index contributed by atoms with van der Waals surface area (Å²) in [5, 5.41) is 1.21. The molecule has 0 aliphatic carbocycles. The van der Waals surface area contributed by atoms with E-state index >= 15 is 0 Å². The minimum absolute atomic E-state index is 0.123. The summed E-state index contributed by atoms with van der Waals surface area (Å²) in [4.78, 5) is 13.1. The highest BCUT2D eigenvalue weighted by atomic mass is 19.4. The second-order valence-electron chi connectivity index (χ2n) is 5.38. The van der Waals surface area contributed by atoms with Crippen LogP contribution in [0, 0.1) is 0 Å². The maximum Gasteiger partial charge on any atom is 0.420 e. The van der Waals surface area contributed by atoms with Gasteiger partial charge >= 0.3 is 18.4 Å². The first-order chi connectivity index (χ1) is 10.5. The summed E-state index contributed by atoms with van der Waals surface area (Å²) in [6, 6.07) is -1.33. The van der Waals surface area contributed by atoms with Crippen LogP contribution in [0.25, 0.3) is 0 Å². The second-order valence-corrected chi connectivity index (χ2v) is 5.38. The summed E-state index contributed by atoms with van der Waals surface area (Å²) in [5.74, 6) is 0. The van der Waals surface area contributed by atoms with E-state index in [9.17, 15) is 31.1 Å². The van der Waals surface area contributed by atoms with Gasteiger partial charge in [-0.15, -0.1) is 0 Å². The van der Waals surface area contributed by atoms with Crippen LogP contribution in [0.3, 0.4) is 0 Å². The number of halogens is 6. The van der Waals surface area contributed by atoms with Crippen molar-refractivity contribution in [3.8, 4) is 0 Å². The molecule has 0 saturated heterocycles. The van der Waals surface area contributed by atoms with E-state index in [1.165, 1.54) is 5.32 Å². The molecule has 9 heteroatoms. The van der Waals surface area contributed by atoms with Crippen molar-refractivity contribution in [2.24, 2.45) is 0 Å². The van der Waals surface area contributed by atoms with Crippen LogP contribution < -0.4 is 5.32 Å². The van der Waals surface area contributed by atoms with Crippen LogP contribution in [-0.2, 0) is 0 Å². The molecule has 23 heavy (non-hydrogen) atoms. The lowest BCUT2D eigenvalue weighted by molar-refractivity contribution is -0.305. The summed E-state index contributed by atoms with van der Waals surface area (Å²) >= 11 is 0. The quantitative estimate of drug-likeness (QED) is 0.622. The fourth-order valence-electron chi connectivity index (χ4n) is 2.07. The van der Waals surface area contributed by atoms with E-state index in [-0.39, 0.29) is 13.1 Å². The van der Waals surface area contributed by atoms with Crippen LogP contribution in [0.15, 0.2) is 0 Å². The minimum Gasteiger partial charge on any atom is -0.325 e. The Bertz CT molecular complexity index is 345. The standard InChI is InChI=1S/C14H24F6N2O/c1-4-7-9-22(10-8-5-2)11(23)21-12(6-3,13(15,16)17)14(18,19)20/h4-10H2,1-3H3,(H,21,23). The van der Waals surface area contributed by atoms with Crippen LogP contribution in [0.5, 0.6) is 0 Å². The number of rotatable bonds is 8. The van der Waals surface area contributed by atoms with Gasteiger partial charge in [0.25, 0.3) is 0 Å². The zero-order chi connectivity index (χ0) is 18.3. The van der Waals surface area contributed by atoms with Crippen molar-refractivity contribution in [1.82, 2.24) is 10.2 Å². The number of unbranched alkanes of at least 4 members (excludes halogenated alkanes) is 2. The molecule has 1 N–H and O–H groups in total. The minimum atomic E-state index is -5.63. The normalized spacial score (nSPS) is 13.1. The molecule has 0 atom stereocenters. The van der Waals surface area contributed by atoms with E-state index in [2.05, 4.69) is 0 Å². The van der Waals surface area contributed by atoms with Gasteiger partial charge < -0.3 is 10.2 Å². The molecule has 0 saturated carbocycles. The van der Waals surface area contributed by atoms with Gasteiger partial charge in [-0.05, 0) is 19.3 Å². The summed E-state index contributed by atoms with van der Waals surface area (Å²) in [6.07, 6.45) is -10.2. The monoisotopic (exact) mass is 350 g/mol. The van der Waals surface area contributed by atoms with E-state index in [0.29, 0.717) is 25.7 Å². The van der Waals surface area contributed by atoms with Crippen LogP contribution in [-0.4, -0.2) is 41.9 Å². The van der Waals surface area contributed by atoms with Crippen molar-refractivity contribution >= 4 is 6.03 Å². The smallest absolute Gasteiger partial charge is 0.325 e. The van der Waals surface area contributed by atoms with Crippen molar-refractivity contribution in [2.75, 3.05) is 13.1 Å². The maximum absolute atomic E-state index is 13.0. The largest absolute Gasteiger partial charge is 0.420 e. The molecule has 0 bridgehead atoms. The van der Waals surface area contributed by atoms with Gasteiger partial charge in [0.05, 0.1) is 0 Å². The molecule has 3 nitrogen and oxygen atoms in total. The van der Waals surface area contributed by atoms with E-state index in [1.54, 1.807) is 0 Å². The molecule has 0 radical (unpaired) electrons. The molecule has 0 spiro atoms. The number of nitrogens with one attached hydrogen (secondary N) is 1. The van der Waals surface area contributed by atoms with Gasteiger partial charge in [-0.2, -0.15) is 26.3 Å². The Kier molecular flexibility index (Phi) is 8.20. The van der Waals surface area contributed by atoms with Gasteiger partial charge in [-0.1, -0.05) is 33.6 Å². The highest BCUT2D eigenvalue weighted by Crippen LogP contribution is 2.45. The lowest BCUT2D eigenvalue weighted by atomic mass is 9.94. The average Bonchev–Trinajstić information content (AvgIpc) is 2.41. The van der Waals surface area contributed by atoms with Crippen molar-refractivity contribution in [1.29, 1.82) is 0 Å². The van der Waals surface area contributed by atoms with Gasteiger partial charge in [0.15, 0.2) is 0 Å². The molecule has 0 fully saturated rings. The van der Waals surface area contributed by atoms with E-state index in [4.69, 9.17) is 0 Å². The number of hydrogen-bond acceptors (Lipinski definition) is 1. The number of hydrogen-bond donors (Lipinski definition) is 1.